The van der Waals surface area contributed by atoms with Crippen LogP contribution in [0.4, 0.5) is 0 Å². The minimum absolute atomic E-state index is 0.0493. The Labute approximate surface area is 198 Å². The zero-order valence-corrected chi connectivity index (χ0v) is 19.4. The summed E-state index contributed by atoms with van der Waals surface area (Å²) in [5.74, 6) is 0. The first-order valence-electron chi connectivity index (χ1n) is 11.4. The summed E-state index contributed by atoms with van der Waals surface area (Å²) < 4.78 is 3.58. The lowest BCUT2D eigenvalue weighted by Crippen LogP contribution is -2.34. The van der Waals surface area contributed by atoms with Gasteiger partial charge in [-0.2, -0.15) is 10.2 Å². The van der Waals surface area contributed by atoms with Crippen LogP contribution in [0.3, 0.4) is 0 Å². The van der Waals surface area contributed by atoms with Gasteiger partial charge in [0.25, 0.3) is 5.56 Å². The van der Waals surface area contributed by atoms with Crippen molar-refractivity contribution in [3.05, 3.63) is 106 Å². The van der Waals surface area contributed by atoms with Gasteiger partial charge in [-0.25, -0.2) is 4.68 Å². The second-order valence-electron chi connectivity index (χ2n) is 9.22. The van der Waals surface area contributed by atoms with Crippen molar-refractivity contribution in [2.24, 2.45) is 0 Å². The minimum Gasteiger partial charge on any atom is -0.268 e. The van der Waals surface area contributed by atoms with Crippen molar-refractivity contribution in [3.63, 3.8) is 0 Å². The van der Waals surface area contributed by atoms with Crippen LogP contribution in [0, 0.1) is 0 Å². The summed E-state index contributed by atoms with van der Waals surface area (Å²) in [6.45, 7) is 2.99. The molecule has 5 nitrogen and oxygen atoms in total. The zero-order valence-electron chi connectivity index (χ0n) is 18.7. The molecular formula is C27H27ClN4O. The van der Waals surface area contributed by atoms with Crippen LogP contribution in [0.2, 0.25) is 5.02 Å². The molecule has 0 aliphatic heterocycles. The van der Waals surface area contributed by atoms with Crippen LogP contribution < -0.4 is 5.56 Å². The molecule has 5 rings (SSSR count). The first-order chi connectivity index (χ1) is 16.0. The maximum Gasteiger partial charge on any atom is 0.267 e. The third kappa shape index (κ3) is 4.64. The minimum atomic E-state index is -0.0493. The average Bonchev–Trinajstić information content (AvgIpc) is 3.29. The molecule has 0 bridgehead atoms. The number of aromatic nitrogens is 4. The molecule has 2 heterocycles. The predicted molar refractivity (Wildman–Crippen MR) is 132 cm³/mol. The van der Waals surface area contributed by atoms with Crippen LogP contribution in [-0.2, 0) is 12.0 Å². The monoisotopic (exact) mass is 458 g/mol. The molecule has 33 heavy (non-hydrogen) atoms. The van der Waals surface area contributed by atoms with Gasteiger partial charge >= 0.3 is 0 Å². The van der Waals surface area contributed by atoms with Gasteiger partial charge in [0.05, 0.1) is 24.5 Å². The van der Waals surface area contributed by atoms with Crippen LogP contribution in [0.5, 0.6) is 0 Å². The molecule has 1 saturated carbocycles. The van der Waals surface area contributed by atoms with Crippen molar-refractivity contribution in [3.8, 4) is 11.3 Å². The van der Waals surface area contributed by atoms with Gasteiger partial charge in [-0.15, -0.1) is 0 Å². The Morgan fingerprint density at radius 2 is 1.82 bits per heavy atom. The SMILES string of the molecule is C[C@]1(c2cccc(Cl)c2)CC[C@H](n2nc(-c3cnn(Cc4ccccc4)c3)ccc2=O)CC1. The van der Waals surface area contributed by atoms with Crippen LogP contribution in [0.25, 0.3) is 11.3 Å². The van der Waals surface area contributed by atoms with Crippen molar-refractivity contribution >= 4 is 11.6 Å². The molecular weight excluding hydrogens is 432 g/mol. The lowest BCUT2D eigenvalue weighted by atomic mass is 9.69. The Hall–Kier alpha value is -3.18. The molecule has 6 heteroatoms. The van der Waals surface area contributed by atoms with Crippen LogP contribution in [0.15, 0.2) is 83.9 Å². The number of halogens is 1. The van der Waals surface area contributed by atoms with Crippen LogP contribution >= 0.6 is 11.6 Å². The van der Waals surface area contributed by atoms with E-state index in [4.69, 9.17) is 16.7 Å². The molecule has 4 aromatic rings. The van der Waals surface area contributed by atoms with E-state index in [1.54, 1.807) is 16.8 Å². The summed E-state index contributed by atoms with van der Waals surface area (Å²) in [5.41, 5.74) is 4.17. The third-order valence-electron chi connectivity index (χ3n) is 6.87. The fourth-order valence-corrected chi connectivity index (χ4v) is 5.02. The molecule has 0 unspecified atom stereocenters. The third-order valence-corrected chi connectivity index (χ3v) is 7.10. The Morgan fingerprint density at radius 3 is 2.58 bits per heavy atom. The molecule has 0 atom stereocenters. The van der Waals surface area contributed by atoms with E-state index < -0.39 is 0 Å². The van der Waals surface area contributed by atoms with E-state index in [2.05, 4.69) is 36.3 Å². The number of benzene rings is 2. The molecule has 0 saturated heterocycles. The first kappa shape index (κ1) is 21.7. The Balaban J connectivity index is 1.33. The second-order valence-corrected chi connectivity index (χ2v) is 9.65. The van der Waals surface area contributed by atoms with E-state index in [0.29, 0.717) is 6.54 Å². The van der Waals surface area contributed by atoms with Crippen molar-refractivity contribution in [1.29, 1.82) is 0 Å². The van der Waals surface area contributed by atoms with Crippen molar-refractivity contribution < 1.29 is 0 Å². The fourth-order valence-electron chi connectivity index (χ4n) is 4.83. The number of rotatable bonds is 5. The molecule has 1 fully saturated rings. The first-order valence-corrected chi connectivity index (χ1v) is 11.8. The lowest BCUT2D eigenvalue weighted by molar-refractivity contribution is 0.232. The highest BCUT2D eigenvalue weighted by molar-refractivity contribution is 6.30. The van der Waals surface area contributed by atoms with Gasteiger partial charge in [-0.05, 0) is 60.4 Å². The highest BCUT2D eigenvalue weighted by Gasteiger charge is 2.34. The van der Waals surface area contributed by atoms with E-state index in [1.807, 2.05) is 47.4 Å². The number of hydrogen-bond acceptors (Lipinski definition) is 3. The predicted octanol–water partition coefficient (Wildman–Crippen LogP) is 5.88. The Morgan fingerprint density at radius 1 is 1.03 bits per heavy atom. The van der Waals surface area contributed by atoms with E-state index in [0.717, 1.165) is 42.0 Å². The van der Waals surface area contributed by atoms with Crippen molar-refractivity contribution in [2.75, 3.05) is 0 Å². The van der Waals surface area contributed by atoms with Gasteiger partial charge in [0.1, 0.15) is 0 Å². The summed E-state index contributed by atoms with van der Waals surface area (Å²) in [6.07, 6.45) is 7.61. The molecule has 0 spiro atoms. The van der Waals surface area contributed by atoms with E-state index in [-0.39, 0.29) is 17.0 Å². The van der Waals surface area contributed by atoms with Gasteiger partial charge < -0.3 is 0 Å². The fraction of sp³-hybridized carbons (Fsp3) is 0.296. The molecule has 1 aliphatic rings. The normalized spacial score (nSPS) is 20.6. The average molecular weight is 459 g/mol. The van der Waals surface area contributed by atoms with Crippen molar-refractivity contribution in [1.82, 2.24) is 19.6 Å². The molecule has 0 amide bonds. The Bertz CT molecular complexity index is 1300. The number of nitrogens with zero attached hydrogens (tertiary/aromatic N) is 4. The highest BCUT2D eigenvalue weighted by atomic mass is 35.5. The molecule has 0 radical (unpaired) electrons. The quantitative estimate of drug-likeness (QED) is 0.375. The summed E-state index contributed by atoms with van der Waals surface area (Å²) in [6, 6.07) is 21.9. The summed E-state index contributed by atoms with van der Waals surface area (Å²) in [7, 11) is 0. The van der Waals surface area contributed by atoms with E-state index in [1.165, 1.54) is 11.1 Å². The maximum atomic E-state index is 12.7. The number of hydrogen-bond donors (Lipinski definition) is 0. The van der Waals surface area contributed by atoms with Gasteiger partial charge in [-0.1, -0.05) is 61.0 Å². The summed E-state index contributed by atoms with van der Waals surface area (Å²) >= 11 is 6.23. The van der Waals surface area contributed by atoms with Gasteiger partial charge in [0.2, 0.25) is 0 Å². The zero-order chi connectivity index (χ0) is 22.8. The molecule has 168 valence electrons. The van der Waals surface area contributed by atoms with E-state index >= 15 is 0 Å². The molecule has 1 aliphatic carbocycles. The Kier molecular flexibility index (Phi) is 5.90. The highest BCUT2D eigenvalue weighted by Crippen LogP contribution is 2.43. The van der Waals surface area contributed by atoms with Gasteiger partial charge in [-0.3, -0.25) is 9.48 Å². The van der Waals surface area contributed by atoms with E-state index in [9.17, 15) is 4.79 Å². The standard InChI is InChI=1S/C27H27ClN4O/c1-27(22-8-5-9-23(28)16-22)14-12-24(13-15-27)32-26(33)11-10-25(30-32)21-17-29-31(19-21)18-20-6-3-2-4-7-20/h2-11,16-17,19,24H,12-15,18H2,1H3/t24-,27-. The van der Waals surface area contributed by atoms with Gasteiger partial charge in [0.15, 0.2) is 0 Å². The molecule has 2 aromatic carbocycles. The lowest BCUT2D eigenvalue weighted by Gasteiger charge is -2.38. The summed E-state index contributed by atoms with van der Waals surface area (Å²) in [4.78, 5) is 12.7. The largest absolute Gasteiger partial charge is 0.268 e. The maximum absolute atomic E-state index is 12.7. The summed E-state index contributed by atoms with van der Waals surface area (Å²) in [5, 5.41) is 10.0. The topological polar surface area (TPSA) is 52.7 Å². The van der Waals surface area contributed by atoms with Crippen LogP contribution in [-0.4, -0.2) is 19.6 Å². The second kappa shape index (κ2) is 8.99. The van der Waals surface area contributed by atoms with Gasteiger partial charge in [0, 0.05) is 22.8 Å². The molecule has 2 aromatic heterocycles. The van der Waals surface area contributed by atoms with Crippen molar-refractivity contribution in [2.45, 2.75) is 50.6 Å². The smallest absolute Gasteiger partial charge is 0.267 e. The molecule has 0 N–H and O–H groups in total. The van der Waals surface area contributed by atoms with Crippen LogP contribution in [0.1, 0.15) is 49.8 Å².